The third-order valence-electron chi connectivity index (χ3n) is 3.86. The Morgan fingerprint density at radius 1 is 1.38 bits per heavy atom. The van der Waals surface area contributed by atoms with E-state index in [2.05, 4.69) is 16.0 Å². The van der Waals surface area contributed by atoms with Crippen LogP contribution in [0.2, 0.25) is 0 Å². The smallest absolute Gasteiger partial charge is 0.251 e. The molecule has 0 aromatic heterocycles. The van der Waals surface area contributed by atoms with E-state index in [1.165, 1.54) is 0 Å². The zero-order valence-corrected chi connectivity index (χ0v) is 12.7. The fourth-order valence-electron chi connectivity index (χ4n) is 2.65. The molecule has 2 amide bonds. The van der Waals surface area contributed by atoms with Crippen molar-refractivity contribution >= 4 is 17.5 Å². The predicted octanol–water partition coefficient (Wildman–Crippen LogP) is 1.68. The highest BCUT2D eigenvalue weighted by atomic mass is 16.2. The average molecular weight is 289 g/mol. The standard InChI is InChI=1S/C16H23N3O2/c1-11-8-13(16(21)17-2)5-6-14(11)19-15(20)9-12-4-3-7-18-10-12/h5-6,8,12,18H,3-4,7,9-10H2,1-2H3,(H,17,21)(H,19,20). The zero-order valence-electron chi connectivity index (χ0n) is 12.7. The molecule has 1 aliphatic rings. The van der Waals surface area contributed by atoms with Gasteiger partial charge in [0.1, 0.15) is 0 Å². The normalized spacial score (nSPS) is 18.1. The summed E-state index contributed by atoms with van der Waals surface area (Å²) in [5, 5.41) is 8.85. The van der Waals surface area contributed by atoms with Gasteiger partial charge in [0.15, 0.2) is 0 Å². The van der Waals surface area contributed by atoms with E-state index in [-0.39, 0.29) is 11.8 Å². The first-order chi connectivity index (χ1) is 10.1. The van der Waals surface area contributed by atoms with Gasteiger partial charge in [0, 0.05) is 24.7 Å². The molecular formula is C16H23N3O2. The summed E-state index contributed by atoms with van der Waals surface area (Å²) in [6.45, 7) is 3.87. The van der Waals surface area contributed by atoms with Crippen molar-refractivity contribution in [1.82, 2.24) is 10.6 Å². The number of rotatable bonds is 4. The molecule has 114 valence electrons. The van der Waals surface area contributed by atoms with E-state index in [0.717, 1.165) is 37.2 Å². The van der Waals surface area contributed by atoms with Crippen molar-refractivity contribution in [2.24, 2.45) is 5.92 Å². The van der Waals surface area contributed by atoms with Crippen LogP contribution >= 0.6 is 0 Å². The lowest BCUT2D eigenvalue weighted by Gasteiger charge is -2.22. The van der Waals surface area contributed by atoms with Crippen LogP contribution in [0.25, 0.3) is 0 Å². The number of aryl methyl sites for hydroxylation is 1. The van der Waals surface area contributed by atoms with Gasteiger partial charge in [0.05, 0.1) is 0 Å². The van der Waals surface area contributed by atoms with Gasteiger partial charge in [-0.15, -0.1) is 0 Å². The quantitative estimate of drug-likeness (QED) is 0.790. The summed E-state index contributed by atoms with van der Waals surface area (Å²) in [6.07, 6.45) is 2.79. The topological polar surface area (TPSA) is 70.2 Å². The summed E-state index contributed by atoms with van der Waals surface area (Å²) in [7, 11) is 1.60. The molecule has 1 aromatic carbocycles. The number of hydrogen-bond donors (Lipinski definition) is 3. The molecule has 1 heterocycles. The van der Waals surface area contributed by atoms with E-state index in [9.17, 15) is 9.59 Å². The van der Waals surface area contributed by atoms with E-state index >= 15 is 0 Å². The molecule has 0 saturated carbocycles. The van der Waals surface area contributed by atoms with Gasteiger partial charge in [-0.3, -0.25) is 9.59 Å². The molecule has 2 rings (SSSR count). The summed E-state index contributed by atoms with van der Waals surface area (Å²) in [5.41, 5.74) is 2.27. The van der Waals surface area contributed by atoms with Crippen LogP contribution in [0.5, 0.6) is 0 Å². The van der Waals surface area contributed by atoms with Gasteiger partial charge in [-0.1, -0.05) is 0 Å². The number of amides is 2. The van der Waals surface area contributed by atoms with Gasteiger partial charge in [0.2, 0.25) is 5.91 Å². The number of benzene rings is 1. The van der Waals surface area contributed by atoms with E-state index in [4.69, 9.17) is 0 Å². The van der Waals surface area contributed by atoms with Crippen LogP contribution in [-0.2, 0) is 4.79 Å². The number of hydrogen-bond acceptors (Lipinski definition) is 3. The third-order valence-corrected chi connectivity index (χ3v) is 3.86. The van der Waals surface area contributed by atoms with E-state index < -0.39 is 0 Å². The molecule has 0 spiro atoms. The van der Waals surface area contributed by atoms with Gasteiger partial charge in [-0.2, -0.15) is 0 Å². The summed E-state index contributed by atoms with van der Waals surface area (Å²) in [5.74, 6) is 0.341. The molecule has 0 radical (unpaired) electrons. The maximum atomic E-state index is 12.1. The largest absolute Gasteiger partial charge is 0.355 e. The Morgan fingerprint density at radius 3 is 2.81 bits per heavy atom. The fourth-order valence-corrected chi connectivity index (χ4v) is 2.65. The number of piperidine rings is 1. The van der Waals surface area contributed by atoms with Crippen LogP contribution < -0.4 is 16.0 Å². The van der Waals surface area contributed by atoms with Crippen molar-refractivity contribution in [3.8, 4) is 0 Å². The second-order valence-corrected chi connectivity index (χ2v) is 5.57. The molecule has 1 aliphatic heterocycles. The average Bonchev–Trinajstić information content (AvgIpc) is 2.49. The minimum atomic E-state index is -0.121. The first-order valence-electron chi connectivity index (χ1n) is 7.43. The minimum Gasteiger partial charge on any atom is -0.355 e. The Labute approximate surface area is 125 Å². The molecule has 5 heteroatoms. The molecule has 1 saturated heterocycles. The highest BCUT2D eigenvalue weighted by Gasteiger charge is 2.17. The number of anilines is 1. The zero-order chi connectivity index (χ0) is 15.2. The van der Waals surface area contributed by atoms with Crippen molar-refractivity contribution in [2.75, 3.05) is 25.5 Å². The van der Waals surface area contributed by atoms with Crippen LogP contribution in [-0.4, -0.2) is 32.0 Å². The molecule has 3 N–H and O–H groups in total. The first kappa shape index (κ1) is 15.5. The van der Waals surface area contributed by atoms with Crippen molar-refractivity contribution in [3.63, 3.8) is 0 Å². The van der Waals surface area contributed by atoms with Crippen LogP contribution in [0.3, 0.4) is 0 Å². The number of nitrogens with one attached hydrogen (secondary N) is 3. The van der Waals surface area contributed by atoms with Crippen molar-refractivity contribution < 1.29 is 9.59 Å². The number of carbonyl (C=O) groups excluding carboxylic acids is 2. The Hall–Kier alpha value is -1.88. The molecule has 0 bridgehead atoms. The molecule has 1 unspecified atom stereocenters. The molecular weight excluding hydrogens is 266 g/mol. The van der Waals surface area contributed by atoms with E-state index in [1.807, 2.05) is 6.92 Å². The van der Waals surface area contributed by atoms with Gasteiger partial charge in [0.25, 0.3) is 5.91 Å². The Balaban J connectivity index is 1.95. The molecule has 1 fully saturated rings. The predicted molar refractivity (Wildman–Crippen MR) is 83.4 cm³/mol. The Bertz CT molecular complexity index is 522. The van der Waals surface area contributed by atoms with Crippen LogP contribution in [0, 0.1) is 12.8 Å². The van der Waals surface area contributed by atoms with Crippen LogP contribution in [0.15, 0.2) is 18.2 Å². The van der Waals surface area contributed by atoms with E-state index in [1.54, 1.807) is 25.2 Å². The third kappa shape index (κ3) is 4.29. The van der Waals surface area contributed by atoms with E-state index in [0.29, 0.717) is 17.9 Å². The molecule has 0 aliphatic carbocycles. The molecule has 1 aromatic rings. The summed E-state index contributed by atoms with van der Waals surface area (Å²) in [4.78, 5) is 23.6. The highest BCUT2D eigenvalue weighted by Crippen LogP contribution is 2.19. The van der Waals surface area contributed by atoms with Crippen molar-refractivity contribution in [2.45, 2.75) is 26.2 Å². The van der Waals surface area contributed by atoms with Crippen LogP contribution in [0.1, 0.15) is 35.2 Å². The van der Waals surface area contributed by atoms with Crippen LogP contribution in [0.4, 0.5) is 5.69 Å². The van der Waals surface area contributed by atoms with Crippen molar-refractivity contribution in [1.29, 1.82) is 0 Å². The lowest BCUT2D eigenvalue weighted by Crippen LogP contribution is -2.32. The molecule has 1 atom stereocenters. The first-order valence-corrected chi connectivity index (χ1v) is 7.43. The summed E-state index contributed by atoms with van der Waals surface area (Å²) in [6, 6.07) is 5.30. The fraction of sp³-hybridized carbons (Fsp3) is 0.500. The summed E-state index contributed by atoms with van der Waals surface area (Å²) < 4.78 is 0. The molecule has 5 nitrogen and oxygen atoms in total. The SMILES string of the molecule is CNC(=O)c1ccc(NC(=O)CC2CCCNC2)c(C)c1. The van der Waals surface area contributed by atoms with Gasteiger partial charge in [-0.05, 0) is 62.5 Å². The molecule has 21 heavy (non-hydrogen) atoms. The second kappa shape index (κ2) is 7.22. The Morgan fingerprint density at radius 2 is 2.19 bits per heavy atom. The maximum absolute atomic E-state index is 12.1. The lowest BCUT2D eigenvalue weighted by atomic mass is 9.96. The maximum Gasteiger partial charge on any atom is 0.251 e. The number of carbonyl (C=O) groups is 2. The summed E-state index contributed by atoms with van der Waals surface area (Å²) >= 11 is 0. The van der Waals surface area contributed by atoms with Gasteiger partial charge < -0.3 is 16.0 Å². The monoisotopic (exact) mass is 289 g/mol. The van der Waals surface area contributed by atoms with Gasteiger partial charge in [-0.25, -0.2) is 0 Å². The highest BCUT2D eigenvalue weighted by molar-refractivity contribution is 5.96. The van der Waals surface area contributed by atoms with Crippen molar-refractivity contribution in [3.05, 3.63) is 29.3 Å². The lowest BCUT2D eigenvalue weighted by molar-refractivity contribution is -0.117. The van der Waals surface area contributed by atoms with Gasteiger partial charge >= 0.3 is 0 Å². The second-order valence-electron chi connectivity index (χ2n) is 5.57. The minimum absolute atomic E-state index is 0.0412. The Kier molecular flexibility index (Phi) is 5.33.